The number of likely N-dealkylation sites (N-methyl/N-ethyl adjacent to an activating group) is 1. The highest BCUT2D eigenvalue weighted by Gasteiger charge is 2.25. The molecule has 1 aromatic rings. The summed E-state index contributed by atoms with van der Waals surface area (Å²) in [6.07, 6.45) is 4.33. The molecule has 136 valence electrons. The zero-order chi connectivity index (χ0) is 18.7. The summed E-state index contributed by atoms with van der Waals surface area (Å²) in [4.78, 5) is 27.3. The molecule has 8 nitrogen and oxygen atoms in total. The van der Waals surface area contributed by atoms with Crippen LogP contribution in [0.5, 0.6) is 0 Å². The van der Waals surface area contributed by atoms with Crippen molar-refractivity contribution in [2.45, 2.75) is 0 Å². The number of esters is 1. The number of amides is 1. The third-order valence-corrected chi connectivity index (χ3v) is 5.07. The normalized spacial score (nSPS) is 17.7. The second kappa shape index (κ2) is 7.12. The van der Waals surface area contributed by atoms with Crippen molar-refractivity contribution >= 4 is 33.4 Å². The topological polar surface area (TPSA) is 96.4 Å². The van der Waals surface area contributed by atoms with E-state index in [-0.39, 0.29) is 29.6 Å². The number of para-hydroxylation sites is 1. The Hall–Kier alpha value is -2.94. The van der Waals surface area contributed by atoms with Crippen LogP contribution in [0.25, 0.3) is 0 Å². The first-order valence-electron chi connectivity index (χ1n) is 7.84. The van der Waals surface area contributed by atoms with Crippen LogP contribution in [-0.2, 0) is 24.3 Å². The van der Waals surface area contributed by atoms with Gasteiger partial charge in [-0.15, -0.1) is 4.40 Å². The third kappa shape index (κ3) is 3.99. The van der Waals surface area contributed by atoms with Crippen LogP contribution in [0.4, 0.5) is 5.69 Å². The fraction of sp³-hybridized carbons (Fsp3) is 0.235. The highest BCUT2D eigenvalue weighted by Crippen LogP contribution is 2.17. The Labute approximate surface area is 151 Å². The van der Waals surface area contributed by atoms with Gasteiger partial charge in [-0.1, -0.05) is 18.2 Å². The number of hydrogen-bond acceptors (Lipinski definition) is 6. The van der Waals surface area contributed by atoms with Gasteiger partial charge in [0.25, 0.3) is 15.9 Å². The van der Waals surface area contributed by atoms with Gasteiger partial charge in [0.1, 0.15) is 5.84 Å². The van der Waals surface area contributed by atoms with Crippen LogP contribution in [0.2, 0.25) is 0 Å². The first-order chi connectivity index (χ1) is 12.4. The number of sulfonamides is 1. The second-order valence-electron chi connectivity index (χ2n) is 5.71. The summed E-state index contributed by atoms with van der Waals surface area (Å²) in [5, 5.41) is 0. The first kappa shape index (κ1) is 17.9. The number of nitrogens with zero attached hydrogens (tertiary/aromatic N) is 3. The molecule has 2 heterocycles. The van der Waals surface area contributed by atoms with Crippen molar-refractivity contribution < 1.29 is 22.7 Å². The summed E-state index contributed by atoms with van der Waals surface area (Å²) in [7, 11) is -1.85. The molecule has 0 N–H and O–H groups in total. The molecule has 1 amide bonds. The molecule has 0 radical (unpaired) electrons. The minimum Gasteiger partial charge on any atom is -0.452 e. The number of benzene rings is 1. The van der Waals surface area contributed by atoms with Crippen LogP contribution in [-0.4, -0.2) is 57.0 Å². The highest BCUT2D eigenvalue weighted by molar-refractivity contribution is 7.90. The molecule has 3 rings (SSSR count). The number of anilines is 1. The average molecular weight is 375 g/mol. The fourth-order valence-electron chi connectivity index (χ4n) is 2.42. The van der Waals surface area contributed by atoms with Gasteiger partial charge in [-0.05, 0) is 24.3 Å². The number of hydrogen-bond donors (Lipinski definition) is 0. The number of rotatable bonds is 4. The van der Waals surface area contributed by atoms with Crippen molar-refractivity contribution in [2.75, 3.05) is 30.9 Å². The molecule has 0 saturated carbocycles. The molecule has 0 atom stereocenters. The Kier molecular flexibility index (Phi) is 4.90. The number of carbonyl (C=O) groups is 2. The maximum atomic E-state index is 12.2. The van der Waals surface area contributed by atoms with Crippen LogP contribution in [0.3, 0.4) is 0 Å². The Balaban J connectivity index is 1.60. The maximum absolute atomic E-state index is 12.2. The molecule has 0 aromatic heterocycles. The molecule has 26 heavy (non-hydrogen) atoms. The molecule has 2 aliphatic heterocycles. The van der Waals surface area contributed by atoms with E-state index in [1.807, 2.05) is 6.07 Å². The van der Waals surface area contributed by atoms with E-state index in [1.54, 1.807) is 36.2 Å². The van der Waals surface area contributed by atoms with E-state index in [0.717, 1.165) is 0 Å². The van der Waals surface area contributed by atoms with E-state index in [2.05, 4.69) is 4.40 Å². The standard InChI is InChI=1S/C17H17N3O5S/c1-19(14-5-3-2-4-6-14)16(21)12-25-17(22)13-7-8-15-18-26(23,24)10-9-20(15)11-13/h2-8,11H,9-10,12H2,1H3. The van der Waals surface area contributed by atoms with Crippen molar-refractivity contribution in [1.82, 2.24) is 4.90 Å². The van der Waals surface area contributed by atoms with Gasteiger partial charge >= 0.3 is 5.97 Å². The van der Waals surface area contributed by atoms with Gasteiger partial charge in [-0.25, -0.2) is 13.2 Å². The number of fused-ring (bicyclic) bond motifs is 1. The van der Waals surface area contributed by atoms with Gasteiger partial charge in [0.15, 0.2) is 6.61 Å². The lowest BCUT2D eigenvalue weighted by Crippen LogP contribution is -2.37. The highest BCUT2D eigenvalue weighted by atomic mass is 32.2. The Bertz CT molecular complexity index is 919. The predicted octanol–water partition coefficient (Wildman–Crippen LogP) is 0.690. The van der Waals surface area contributed by atoms with Crippen molar-refractivity contribution in [3.8, 4) is 0 Å². The second-order valence-corrected chi connectivity index (χ2v) is 7.47. The van der Waals surface area contributed by atoms with Gasteiger partial charge in [0, 0.05) is 25.5 Å². The minimum absolute atomic E-state index is 0.122. The molecule has 0 unspecified atom stereocenters. The lowest BCUT2D eigenvalue weighted by Gasteiger charge is -2.26. The molecule has 0 fully saturated rings. The summed E-state index contributed by atoms with van der Waals surface area (Å²) in [5.41, 5.74) is 0.916. The first-order valence-corrected chi connectivity index (χ1v) is 9.44. The summed E-state index contributed by atoms with van der Waals surface area (Å²) >= 11 is 0. The lowest BCUT2D eigenvalue weighted by molar-refractivity contribution is -0.143. The van der Waals surface area contributed by atoms with E-state index in [1.165, 1.54) is 23.3 Å². The van der Waals surface area contributed by atoms with Crippen LogP contribution in [0.15, 0.2) is 58.7 Å². The largest absolute Gasteiger partial charge is 0.452 e. The summed E-state index contributed by atoms with van der Waals surface area (Å²) in [5.74, 6) is -0.892. The van der Waals surface area contributed by atoms with Gasteiger partial charge < -0.3 is 14.5 Å². The predicted molar refractivity (Wildman–Crippen MR) is 96.0 cm³/mol. The van der Waals surface area contributed by atoms with Crippen molar-refractivity contribution in [3.05, 3.63) is 54.3 Å². The number of ether oxygens (including phenoxy) is 1. The molecule has 0 aliphatic carbocycles. The molecule has 9 heteroatoms. The van der Waals surface area contributed by atoms with E-state index < -0.39 is 22.6 Å². The van der Waals surface area contributed by atoms with Gasteiger partial charge in [0.2, 0.25) is 0 Å². The number of amidine groups is 1. The molecule has 0 saturated heterocycles. The molecule has 1 aromatic carbocycles. The SMILES string of the molecule is CN(C(=O)COC(=O)C1=CN2CCS(=O)(=O)N=C2C=C1)c1ccccc1. The molecular weight excluding hydrogens is 358 g/mol. The van der Waals surface area contributed by atoms with Crippen molar-refractivity contribution in [1.29, 1.82) is 0 Å². The average Bonchev–Trinajstić information content (AvgIpc) is 2.64. The lowest BCUT2D eigenvalue weighted by atomic mass is 10.2. The fourth-order valence-corrected chi connectivity index (χ4v) is 3.39. The van der Waals surface area contributed by atoms with Gasteiger partial charge in [-0.3, -0.25) is 4.79 Å². The van der Waals surface area contributed by atoms with E-state index >= 15 is 0 Å². The molecular formula is C17H17N3O5S. The van der Waals surface area contributed by atoms with Crippen LogP contribution >= 0.6 is 0 Å². The third-order valence-electron chi connectivity index (χ3n) is 3.90. The van der Waals surface area contributed by atoms with E-state index in [0.29, 0.717) is 5.69 Å². The summed E-state index contributed by atoms with van der Waals surface area (Å²) in [6.45, 7) is -0.192. The Morgan fingerprint density at radius 2 is 1.96 bits per heavy atom. The maximum Gasteiger partial charge on any atom is 0.340 e. The zero-order valence-electron chi connectivity index (χ0n) is 14.0. The van der Waals surface area contributed by atoms with Crippen molar-refractivity contribution in [3.63, 3.8) is 0 Å². The summed E-state index contributed by atoms with van der Waals surface area (Å²) < 4.78 is 31.7. The number of carbonyl (C=O) groups excluding carboxylic acids is 2. The Morgan fingerprint density at radius 1 is 1.23 bits per heavy atom. The smallest absolute Gasteiger partial charge is 0.340 e. The quantitative estimate of drug-likeness (QED) is 0.719. The van der Waals surface area contributed by atoms with Crippen molar-refractivity contribution in [2.24, 2.45) is 4.40 Å². The van der Waals surface area contributed by atoms with E-state index in [4.69, 9.17) is 4.74 Å². The van der Waals surface area contributed by atoms with Gasteiger partial charge in [-0.2, -0.15) is 0 Å². The van der Waals surface area contributed by atoms with Crippen LogP contribution in [0.1, 0.15) is 0 Å². The summed E-state index contributed by atoms with van der Waals surface area (Å²) in [6, 6.07) is 9.00. The van der Waals surface area contributed by atoms with E-state index in [9.17, 15) is 18.0 Å². The molecule has 0 bridgehead atoms. The van der Waals surface area contributed by atoms with Crippen LogP contribution in [0, 0.1) is 0 Å². The molecule has 0 spiro atoms. The monoisotopic (exact) mass is 375 g/mol. The van der Waals surface area contributed by atoms with Gasteiger partial charge in [0.05, 0.1) is 11.3 Å². The molecule has 2 aliphatic rings. The Morgan fingerprint density at radius 3 is 2.69 bits per heavy atom. The van der Waals surface area contributed by atoms with Crippen LogP contribution < -0.4 is 4.90 Å². The minimum atomic E-state index is -3.45. The zero-order valence-corrected chi connectivity index (χ0v) is 14.8.